The number of aryl methyl sites for hydroxylation is 1. The van der Waals surface area contributed by atoms with Gasteiger partial charge in [0.25, 0.3) is 0 Å². The molecule has 1 aliphatic carbocycles. The molecule has 2 amide bonds. The lowest BCUT2D eigenvalue weighted by molar-refractivity contribution is -0.122. The lowest BCUT2D eigenvalue weighted by Gasteiger charge is -2.20. The molecule has 112 valence electrons. The fourth-order valence-electron chi connectivity index (χ4n) is 2.67. The van der Waals surface area contributed by atoms with Gasteiger partial charge < -0.3 is 10.1 Å². The van der Waals surface area contributed by atoms with Gasteiger partial charge in [-0.3, -0.25) is 9.69 Å². The number of hydrogen-bond acceptors (Lipinski definition) is 3. The van der Waals surface area contributed by atoms with Crippen molar-refractivity contribution >= 4 is 12.0 Å². The summed E-state index contributed by atoms with van der Waals surface area (Å²) in [5.74, 6) is -0.0986. The van der Waals surface area contributed by atoms with Crippen LogP contribution >= 0.6 is 0 Å². The summed E-state index contributed by atoms with van der Waals surface area (Å²) in [7, 11) is 0. The molecule has 2 fully saturated rings. The van der Waals surface area contributed by atoms with Crippen LogP contribution in [0, 0.1) is 6.92 Å². The number of hydrogen-bond donors (Lipinski definition) is 1. The van der Waals surface area contributed by atoms with Gasteiger partial charge in [0.1, 0.15) is 13.2 Å². The van der Waals surface area contributed by atoms with Crippen molar-refractivity contribution in [2.75, 3.05) is 19.7 Å². The standard InChI is InChI=1S/C16H20N2O3/c1-12-2-4-13(5-3-12)10-16(6-7-16)17-14(19)11-18-8-9-21-15(18)20/h2-5H,6-11H2,1H3,(H,17,19). The molecule has 1 heterocycles. The zero-order valence-corrected chi connectivity index (χ0v) is 12.2. The van der Waals surface area contributed by atoms with E-state index in [9.17, 15) is 9.59 Å². The van der Waals surface area contributed by atoms with Crippen LogP contribution in [0.2, 0.25) is 0 Å². The van der Waals surface area contributed by atoms with Crippen LogP contribution in [0.4, 0.5) is 4.79 Å². The van der Waals surface area contributed by atoms with Crippen molar-refractivity contribution in [1.82, 2.24) is 10.2 Å². The summed E-state index contributed by atoms with van der Waals surface area (Å²) in [4.78, 5) is 24.9. The first-order valence-electron chi connectivity index (χ1n) is 7.35. The number of amides is 2. The van der Waals surface area contributed by atoms with Crippen molar-refractivity contribution in [3.05, 3.63) is 35.4 Å². The second-order valence-corrected chi connectivity index (χ2v) is 6.03. The Bertz CT molecular complexity index is 549. The van der Waals surface area contributed by atoms with Gasteiger partial charge >= 0.3 is 6.09 Å². The second kappa shape index (κ2) is 5.39. The highest BCUT2D eigenvalue weighted by molar-refractivity contribution is 5.83. The summed E-state index contributed by atoms with van der Waals surface area (Å²) in [6.45, 7) is 3.03. The average molecular weight is 288 g/mol. The minimum Gasteiger partial charge on any atom is -0.448 e. The molecule has 1 N–H and O–H groups in total. The number of ether oxygens (including phenoxy) is 1. The lowest BCUT2D eigenvalue weighted by atomic mass is 10.0. The third-order valence-corrected chi connectivity index (χ3v) is 4.10. The van der Waals surface area contributed by atoms with Crippen LogP contribution in [0.5, 0.6) is 0 Å². The topological polar surface area (TPSA) is 58.6 Å². The zero-order chi connectivity index (χ0) is 14.9. The fourth-order valence-corrected chi connectivity index (χ4v) is 2.67. The van der Waals surface area contributed by atoms with Gasteiger partial charge in [-0.25, -0.2) is 4.79 Å². The maximum atomic E-state index is 12.1. The molecule has 0 spiro atoms. The Labute approximate surface area is 124 Å². The maximum absolute atomic E-state index is 12.1. The van der Waals surface area contributed by atoms with Crippen LogP contribution in [0.15, 0.2) is 24.3 Å². The SMILES string of the molecule is Cc1ccc(CC2(NC(=O)CN3CCOC3=O)CC2)cc1. The third kappa shape index (κ3) is 3.35. The number of benzene rings is 1. The zero-order valence-electron chi connectivity index (χ0n) is 12.2. The first-order valence-corrected chi connectivity index (χ1v) is 7.35. The van der Waals surface area contributed by atoms with Gasteiger partial charge in [0.15, 0.2) is 0 Å². The Balaban J connectivity index is 1.55. The number of carbonyl (C=O) groups is 2. The molecule has 1 aliphatic heterocycles. The molecule has 1 saturated heterocycles. The van der Waals surface area contributed by atoms with Crippen molar-refractivity contribution in [2.45, 2.75) is 31.7 Å². The van der Waals surface area contributed by atoms with E-state index in [1.807, 2.05) is 0 Å². The summed E-state index contributed by atoms with van der Waals surface area (Å²) in [5.41, 5.74) is 2.36. The number of nitrogens with zero attached hydrogens (tertiary/aromatic N) is 1. The normalized spacial score (nSPS) is 19.3. The van der Waals surface area contributed by atoms with Crippen LogP contribution in [-0.4, -0.2) is 42.1 Å². The van der Waals surface area contributed by atoms with Gasteiger partial charge in [0.2, 0.25) is 5.91 Å². The lowest BCUT2D eigenvalue weighted by Crippen LogP contribution is -2.44. The Kier molecular flexibility index (Phi) is 3.57. The van der Waals surface area contributed by atoms with E-state index in [1.54, 1.807) is 0 Å². The van der Waals surface area contributed by atoms with Gasteiger partial charge in [-0.1, -0.05) is 29.8 Å². The quantitative estimate of drug-likeness (QED) is 0.896. The highest BCUT2D eigenvalue weighted by atomic mass is 16.6. The van der Waals surface area contributed by atoms with Gasteiger partial charge in [-0.15, -0.1) is 0 Å². The van der Waals surface area contributed by atoms with E-state index in [2.05, 4.69) is 36.5 Å². The van der Waals surface area contributed by atoms with Crippen molar-refractivity contribution < 1.29 is 14.3 Å². The average Bonchev–Trinajstić information content (AvgIpc) is 3.07. The predicted molar refractivity (Wildman–Crippen MR) is 77.9 cm³/mol. The summed E-state index contributed by atoms with van der Waals surface area (Å²) >= 11 is 0. The van der Waals surface area contributed by atoms with Crippen molar-refractivity contribution in [1.29, 1.82) is 0 Å². The molecule has 5 nitrogen and oxygen atoms in total. The molecule has 1 aromatic carbocycles. The first kappa shape index (κ1) is 13.9. The van der Waals surface area contributed by atoms with Crippen molar-refractivity contribution in [3.63, 3.8) is 0 Å². The monoisotopic (exact) mass is 288 g/mol. The Morgan fingerprint density at radius 2 is 2.05 bits per heavy atom. The first-order chi connectivity index (χ1) is 10.1. The van der Waals surface area contributed by atoms with Crippen LogP contribution in [0.25, 0.3) is 0 Å². The van der Waals surface area contributed by atoms with Crippen LogP contribution in [-0.2, 0) is 16.0 Å². The van der Waals surface area contributed by atoms with Gasteiger partial charge in [-0.2, -0.15) is 0 Å². The number of nitrogens with one attached hydrogen (secondary N) is 1. The molecule has 0 radical (unpaired) electrons. The minimum atomic E-state index is -0.395. The summed E-state index contributed by atoms with van der Waals surface area (Å²) < 4.78 is 4.83. The molecule has 1 saturated carbocycles. The van der Waals surface area contributed by atoms with Crippen molar-refractivity contribution in [3.8, 4) is 0 Å². The summed E-state index contributed by atoms with van der Waals surface area (Å²) in [6, 6.07) is 8.40. The molecule has 0 aromatic heterocycles. The predicted octanol–water partition coefficient (Wildman–Crippen LogP) is 1.64. The highest BCUT2D eigenvalue weighted by Crippen LogP contribution is 2.38. The maximum Gasteiger partial charge on any atom is 0.410 e. The molecule has 5 heteroatoms. The summed E-state index contributed by atoms with van der Waals surface area (Å²) in [6.07, 6.45) is 2.45. The van der Waals surface area contributed by atoms with Gasteiger partial charge in [0.05, 0.1) is 6.54 Å². The van der Waals surface area contributed by atoms with E-state index in [0.29, 0.717) is 13.2 Å². The Hall–Kier alpha value is -2.04. The van der Waals surface area contributed by atoms with E-state index in [1.165, 1.54) is 16.0 Å². The van der Waals surface area contributed by atoms with Crippen molar-refractivity contribution in [2.24, 2.45) is 0 Å². The van der Waals surface area contributed by atoms with E-state index in [0.717, 1.165) is 19.3 Å². The minimum absolute atomic E-state index is 0.0917. The molecule has 1 aromatic rings. The van der Waals surface area contributed by atoms with Crippen LogP contribution in [0.1, 0.15) is 24.0 Å². The molecule has 0 bridgehead atoms. The highest BCUT2D eigenvalue weighted by Gasteiger charge is 2.44. The Morgan fingerprint density at radius 3 is 2.62 bits per heavy atom. The van der Waals surface area contributed by atoms with E-state index in [4.69, 9.17) is 4.74 Å². The number of carbonyl (C=O) groups excluding carboxylic acids is 2. The molecule has 21 heavy (non-hydrogen) atoms. The van der Waals surface area contributed by atoms with E-state index >= 15 is 0 Å². The smallest absolute Gasteiger partial charge is 0.410 e. The fraction of sp³-hybridized carbons (Fsp3) is 0.500. The van der Waals surface area contributed by atoms with Crippen LogP contribution in [0.3, 0.4) is 0 Å². The van der Waals surface area contributed by atoms with E-state index < -0.39 is 6.09 Å². The van der Waals surface area contributed by atoms with Crippen LogP contribution < -0.4 is 5.32 Å². The van der Waals surface area contributed by atoms with Gasteiger partial charge in [-0.05, 0) is 31.7 Å². The second-order valence-electron chi connectivity index (χ2n) is 6.03. The molecule has 2 aliphatic rings. The molecule has 0 atom stereocenters. The largest absolute Gasteiger partial charge is 0.448 e. The molecule has 3 rings (SSSR count). The molecular formula is C16H20N2O3. The Morgan fingerprint density at radius 1 is 1.33 bits per heavy atom. The van der Waals surface area contributed by atoms with Gasteiger partial charge in [0, 0.05) is 5.54 Å². The number of cyclic esters (lactones) is 1. The summed E-state index contributed by atoms with van der Waals surface area (Å²) in [5, 5.41) is 3.09. The van der Waals surface area contributed by atoms with E-state index in [-0.39, 0.29) is 18.0 Å². The number of rotatable bonds is 5. The molecular weight excluding hydrogens is 268 g/mol. The molecule has 0 unspecified atom stereocenters. The third-order valence-electron chi connectivity index (χ3n) is 4.10.